The molecule has 164 valence electrons. The van der Waals surface area contributed by atoms with E-state index in [1.54, 1.807) is 0 Å². The summed E-state index contributed by atoms with van der Waals surface area (Å²) in [4.78, 5) is 12.2. The van der Waals surface area contributed by atoms with Crippen molar-refractivity contribution in [2.24, 2.45) is 5.73 Å². The van der Waals surface area contributed by atoms with Crippen LogP contribution in [0.4, 0.5) is 8.78 Å². The van der Waals surface area contributed by atoms with Crippen molar-refractivity contribution >= 4 is 27.5 Å². The molecule has 1 unspecified atom stereocenters. The summed E-state index contributed by atoms with van der Waals surface area (Å²) >= 11 is 5.85. The minimum atomic E-state index is -4.39. The zero-order chi connectivity index (χ0) is 23.5. The van der Waals surface area contributed by atoms with Crippen molar-refractivity contribution in [3.63, 3.8) is 0 Å². The van der Waals surface area contributed by atoms with Gasteiger partial charge in [0.25, 0.3) is 0 Å². The van der Waals surface area contributed by atoms with Crippen molar-refractivity contribution in [3.8, 4) is 6.07 Å². The minimum Gasteiger partial charge on any atom is -0.368 e. The number of nitrogens with zero attached hydrogens (tertiary/aromatic N) is 2. The Balaban J connectivity index is 2.17. The van der Waals surface area contributed by atoms with Crippen LogP contribution in [0.3, 0.4) is 0 Å². The highest BCUT2D eigenvalue weighted by molar-refractivity contribution is 7.89. The number of amides is 1. The van der Waals surface area contributed by atoms with Gasteiger partial charge >= 0.3 is 0 Å². The van der Waals surface area contributed by atoms with E-state index in [2.05, 4.69) is 0 Å². The molecule has 0 saturated heterocycles. The Bertz CT molecular complexity index is 1270. The van der Waals surface area contributed by atoms with E-state index >= 15 is 0 Å². The van der Waals surface area contributed by atoms with Crippen LogP contribution in [0.2, 0.25) is 5.02 Å². The van der Waals surface area contributed by atoms with E-state index in [9.17, 15) is 22.0 Å². The smallest absolute Gasteiger partial charge is 0.244 e. The lowest BCUT2D eigenvalue weighted by atomic mass is 10.0. The molecule has 3 rings (SSSR count). The monoisotopic (exact) mass is 475 g/mol. The molecule has 0 aliphatic rings. The molecule has 10 heteroatoms. The fourth-order valence-electron chi connectivity index (χ4n) is 3.13. The average Bonchev–Trinajstić information content (AvgIpc) is 2.73. The lowest BCUT2D eigenvalue weighted by Crippen LogP contribution is -2.41. The van der Waals surface area contributed by atoms with Gasteiger partial charge in [0.15, 0.2) is 0 Å². The first-order valence-electron chi connectivity index (χ1n) is 9.13. The largest absolute Gasteiger partial charge is 0.368 e. The van der Waals surface area contributed by atoms with E-state index < -0.39 is 33.6 Å². The number of sulfonamides is 1. The molecule has 6 nitrogen and oxygen atoms in total. The molecule has 0 bridgehead atoms. The van der Waals surface area contributed by atoms with Crippen molar-refractivity contribution < 1.29 is 22.0 Å². The lowest BCUT2D eigenvalue weighted by molar-refractivity contribution is -0.122. The Morgan fingerprint density at radius 2 is 1.59 bits per heavy atom. The van der Waals surface area contributed by atoms with Gasteiger partial charge in [0.2, 0.25) is 15.9 Å². The third-order valence-electron chi connectivity index (χ3n) is 4.60. The highest BCUT2D eigenvalue weighted by Crippen LogP contribution is 2.31. The number of primary amides is 1. The average molecular weight is 476 g/mol. The molecule has 32 heavy (non-hydrogen) atoms. The Hall–Kier alpha value is -3.32. The van der Waals surface area contributed by atoms with Crippen molar-refractivity contribution in [2.75, 3.05) is 0 Å². The number of hydrogen-bond acceptors (Lipinski definition) is 4. The normalized spacial score (nSPS) is 12.3. The van der Waals surface area contributed by atoms with Crippen LogP contribution in [0, 0.1) is 23.0 Å². The van der Waals surface area contributed by atoms with Gasteiger partial charge in [-0.1, -0.05) is 23.7 Å². The van der Waals surface area contributed by atoms with Crippen molar-refractivity contribution in [1.29, 1.82) is 5.26 Å². The molecule has 0 aliphatic heterocycles. The number of benzene rings is 3. The molecule has 0 saturated carbocycles. The van der Waals surface area contributed by atoms with E-state index in [1.165, 1.54) is 48.5 Å². The summed E-state index contributed by atoms with van der Waals surface area (Å²) in [5.41, 5.74) is 6.02. The number of halogens is 3. The van der Waals surface area contributed by atoms with E-state index in [0.717, 1.165) is 16.4 Å². The number of rotatable bonds is 7. The van der Waals surface area contributed by atoms with E-state index in [4.69, 9.17) is 22.6 Å². The molecular weight excluding hydrogens is 460 g/mol. The summed E-state index contributed by atoms with van der Waals surface area (Å²) in [6, 6.07) is 13.7. The zero-order valence-electron chi connectivity index (χ0n) is 16.4. The maximum Gasteiger partial charge on any atom is 0.244 e. The van der Waals surface area contributed by atoms with E-state index in [0.29, 0.717) is 22.2 Å². The Kier molecular flexibility index (Phi) is 6.89. The number of hydrogen-bond donors (Lipinski definition) is 1. The fraction of sp³-hybridized carbons (Fsp3) is 0.0909. The van der Waals surface area contributed by atoms with Crippen LogP contribution >= 0.6 is 11.6 Å². The van der Waals surface area contributed by atoms with Crippen LogP contribution in [0.25, 0.3) is 0 Å². The molecule has 0 fully saturated rings. The molecule has 3 aromatic carbocycles. The van der Waals surface area contributed by atoms with Gasteiger partial charge in [-0.3, -0.25) is 4.79 Å². The topological polar surface area (TPSA) is 104 Å². The van der Waals surface area contributed by atoms with Gasteiger partial charge < -0.3 is 5.73 Å². The SMILES string of the molecule is N#Cc1ccc(CN(C(C(N)=O)c2cc(F)cc(F)c2)S(=O)(=O)c2ccc(Cl)cc2)cc1. The summed E-state index contributed by atoms with van der Waals surface area (Å²) < 4.78 is 55.5. The van der Waals surface area contributed by atoms with Crippen molar-refractivity contribution in [2.45, 2.75) is 17.5 Å². The molecule has 3 aromatic rings. The first-order valence-corrected chi connectivity index (χ1v) is 11.0. The number of carbonyl (C=O) groups is 1. The van der Waals surface area contributed by atoms with Crippen LogP contribution in [0.1, 0.15) is 22.7 Å². The summed E-state index contributed by atoms with van der Waals surface area (Å²) in [6.45, 7) is -0.359. The van der Waals surface area contributed by atoms with E-state index in [-0.39, 0.29) is 17.0 Å². The van der Waals surface area contributed by atoms with Gasteiger partial charge in [-0.15, -0.1) is 0 Å². The predicted octanol–water partition coefficient (Wildman–Crippen LogP) is 3.91. The second kappa shape index (κ2) is 9.44. The minimum absolute atomic E-state index is 0.196. The fourth-order valence-corrected chi connectivity index (χ4v) is 4.83. The molecule has 0 aromatic heterocycles. The van der Waals surface area contributed by atoms with Crippen LogP contribution < -0.4 is 5.73 Å². The first-order chi connectivity index (χ1) is 15.1. The lowest BCUT2D eigenvalue weighted by Gasteiger charge is -2.29. The predicted molar refractivity (Wildman–Crippen MR) is 114 cm³/mol. The quantitative estimate of drug-likeness (QED) is 0.559. The second-order valence-electron chi connectivity index (χ2n) is 6.82. The first kappa shape index (κ1) is 23.3. The Morgan fingerprint density at radius 3 is 2.09 bits per heavy atom. The zero-order valence-corrected chi connectivity index (χ0v) is 17.9. The highest BCUT2D eigenvalue weighted by Gasteiger charge is 2.36. The number of nitriles is 1. The van der Waals surface area contributed by atoms with Gasteiger partial charge in [-0.25, -0.2) is 17.2 Å². The second-order valence-corrected chi connectivity index (χ2v) is 9.15. The van der Waals surface area contributed by atoms with Gasteiger partial charge in [0, 0.05) is 17.6 Å². The third kappa shape index (κ3) is 5.11. The number of carbonyl (C=O) groups excluding carboxylic acids is 1. The molecule has 0 aliphatic carbocycles. The highest BCUT2D eigenvalue weighted by atomic mass is 35.5. The molecule has 0 heterocycles. The Morgan fingerprint density at radius 1 is 1.03 bits per heavy atom. The molecule has 1 atom stereocenters. The molecule has 0 radical (unpaired) electrons. The standard InChI is InChI=1S/C22H16ClF2N3O3S/c23-17-5-7-20(8-6-17)32(30,31)28(13-15-3-1-14(12-26)2-4-15)21(22(27)29)16-9-18(24)11-19(25)10-16/h1-11,21H,13H2,(H2,27,29). The van der Waals surface area contributed by atoms with Gasteiger partial charge in [0.1, 0.15) is 17.7 Å². The van der Waals surface area contributed by atoms with Gasteiger partial charge in [-0.2, -0.15) is 9.57 Å². The molecule has 0 spiro atoms. The van der Waals surface area contributed by atoms with Crippen LogP contribution in [-0.2, 0) is 21.4 Å². The number of nitrogens with two attached hydrogens (primary N) is 1. The maximum absolute atomic E-state index is 13.9. The molecule has 1 amide bonds. The van der Waals surface area contributed by atoms with Gasteiger partial charge in [0.05, 0.1) is 16.5 Å². The Labute approximate surface area is 188 Å². The molecular formula is C22H16ClF2N3O3S. The summed E-state index contributed by atoms with van der Waals surface area (Å²) in [5.74, 6) is -3.11. The van der Waals surface area contributed by atoms with E-state index in [1.807, 2.05) is 6.07 Å². The molecule has 2 N–H and O–H groups in total. The summed E-state index contributed by atoms with van der Waals surface area (Å²) in [5, 5.41) is 9.27. The third-order valence-corrected chi connectivity index (χ3v) is 6.68. The maximum atomic E-state index is 13.9. The van der Waals surface area contributed by atoms with Gasteiger partial charge in [-0.05, 0) is 59.7 Å². The van der Waals surface area contributed by atoms with Crippen LogP contribution in [0.15, 0.2) is 71.6 Å². The van der Waals surface area contributed by atoms with Crippen molar-refractivity contribution in [1.82, 2.24) is 4.31 Å². The summed E-state index contributed by atoms with van der Waals surface area (Å²) in [7, 11) is -4.39. The van der Waals surface area contributed by atoms with Crippen LogP contribution in [0.5, 0.6) is 0 Å². The van der Waals surface area contributed by atoms with Crippen molar-refractivity contribution in [3.05, 3.63) is 100 Å². The summed E-state index contributed by atoms with van der Waals surface area (Å²) in [6.07, 6.45) is 0. The van der Waals surface area contributed by atoms with Crippen LogP contribution in [-0.4, -0.2) is 18.6 Å².